The summed E-state index contributed by atoms with van der Waals surface area (Å²) in [5.74, 6) is 0. The Morgan fingerprint density at radius 1 is 0.938 bits per heavy atom. The Kier molecular flexibility index (Phi) is 5.94. The lowest BCUT2D eigenvalue weighted by Gasteiger charge is -2.09. The summed E-state index contributed by atoms with van der Waals surface area (Å²) < 4.78 is 0. The number of hydrogen-bond donors (Lipinski definition) is 2. The standard InChI is InChI=1S/C14H24N2/c1-4-5-6-15-7-8-16-14-10-12(2)9-13(3)11-14/h9-11,15-16H,4-8H2,1-3H3. The van der Waals surface area contributed by atoms with Gasteiger partial charge in [0.25, 0.3) is 0 Å². The van der Waals surface area contributed by atoms with Gasteiger partial charge >= 0.3 is 0 Å². The molecule has 0 unspecified atom stereocenters. The molecule has 2 heteroatoms. The first-order chi connectivity index (χ1) is 7.72. The van der Waals surface area contributed by atoms with Crippen LogP contribution in [0.2, 0.25) is 0 Å². The van der Waals surface area contributed by atoms with Crippen molar-refractivity contribution >= 4 is 5.69 Å². The molecule has 0 saturated heterocycles. The van der Waals surface area contributed by atoms with Crippen LogP contribution in [0.3, 0.4) is 0 Å². The molecule has 0 atom stereocenters. The van der Waals surface area contributed by atoms with Crippen molar-refractivity contribution in [1.82, 2.24) is 5.32 Å². The molecule has 90 valence electrons. The van der Waals surface area contributed by atoms with Crippen molar-refractivity contribution in [2.45, 2.75) is 33.6 Å². The average Bonchev–Trinajstić information content (AvgIpc) is 2.22. The van der Waals surface area contributed by atoms with Crippen molar-refractivity contribution in [3.05, 3.63) is 29.3 Å². The van der Waals surface area contributed by atoms with Crippen LogP contribution < -0.4 is 10.6 Å². The average molecular weight is 220 g/mol. The van der Waals surface area contributed by atoms with Gasteiger partial charge in [0.1, 0.15) is 0 Å². The lowest BCUT2D eigenvalue weighted by atomic mass is 10.1. The quantitative estimate of drug-likeness (QED) is 0.690. The second-order valence-electron chi connectivity index (χ2n) is 4.41. The van der Waals surface area contributed by atoms with Gasteiger partial charge in [0.05, 0.1) is 0 Å². The van der Waals surface area contributed by atoms with Gasteiger partial charge in [-0.25, -0.2) is 0 Å². The molecule has 1 rings (SSSR count). The van der Waals surface area contributed by atoms with Crippen molar-refractivity contribution in [3.8, 4) is 0 Å². The van der Waals surface area contributed by atoms with Gasteiger partial charge in [0.15, 0.2) is 0 Å². The molecule has 2 nitrogen and oxygen atoms in total. The second-order valence-corrected chi connectivity index (χ2v) is 4.41. The van der Waals surface area contributed by atoms with E-state index in [0.29, 0.717) is 0 Å². The molecule has 0 heterocycles. The largest absolute Gasteiger partial charge is 0.384 e. The molecule has 0 radical (unpaired) electrons. The Balaban J connectivity index is 2.21. The van der Waals surface area contributed by atoms with E-state index >= 15 is 0 Å². The number of nitrogens with one attached hydrogen (secondary N) is 2. The molecule has 0 saturated carbocycles. The van der Waals surface area contributed by atoms with Gasteiger partial charge in [-0.05, 0) is 50.1 Å². The van der Waals surface area contributed by atoms with E-state index < -0.39 is 0 Å². The second kappa shape index (κ2) is 7.29. The minimum atomic E-state index is 0.993. The lowest BCUT2D eigenvalue weighted by Crippen LogP contribution is -2.23. The normalized spacial score (nSPS) is 10.4. The summed E-state index contributed by atoms with van der Waals surface area (Å²) in [5.41, 5.74) is 3.87. The zero-order valence-corrected chi connectivity index (χ0v) is 10.8. The van der Waals surface area contributed by atoms with Crippen LogP contribution in [0.15, 0.2) is 18.2 Å². The third-order valence-corrected chi connectivity index (χ3v) is 2.56. The summed E-state index contributed by atoms with van der Waals surface area (Å²) >= 11 is 0. The van der Waals surface area contributed by atoms with Crippen LogP contribution >= 0.6 is 0 Å². The van der Waals surface area contributed by atoms with E-state index in [1.807, 2.05) is 0 Å². The molecular weight excluding hydrogens is 196 g/mol. The van der Waals surface area contributed by atoms with Crippen molar-refractivity contribution < 1.29 is 0 Å². The third kappa shape index (κ3) is 5.17. The number of rotatable bonds is 7. The molecular formula is C14H24N2. The lowest BCUT2D eigenvalue weighted by molar-refractivity contribution is 0.652. The molecule has 0 bridgehead atoms. The minimum absolute atomic E-state index is 0.993. The summed E-state index contributed by atoms with van der Waals surface area (Å²) in [6, 6.07) is 6.59. The molecule has 0 fully saturated rings. The SMILES string of the molecule is CCCCNCCNc1cc(C)cc(C)c1. The van der Waals surface area contributed by atoms with E-state index in [4.69, 9.17) is 0 Å². The van der Waals surface area contributed by atoms with Crippen molar-refractivity contribution in [1.29, 1.82) is 0 Å². The van der Waals surface area contributed by atoms with E-state index in [2.05, 4.69) is 49.6 Å². The van der Waals surface area contributed by atoms with Gasteiger partial charge in [-0.3, -0.25) is 0 Å². The Labute approximate surface area is 99.5 Å². The Morgan fingerprint density at radius 3 is 2.25 bits per heavy atom. The maximum Gasteiger partial charge on any atom is 0.0345 e. The van der Waals surface area contributed by atoms with Gasteiger partial charge in [-0.1, -0.05) is 19.4 Å². The van der Waals surface area contributed by atoms with E-state index in [1.54, 1.807) is 0 Å². The van der Waals surface area contributed by atoms with E-state index in [9.17, 15) is 0 Å². The molecule has 1 aromatic rings. The molecule has 2 N–H and O–H groups in total. The highest BCUT2D eigenvalue weighted by atomic mass is 14.9. The fraction of sp³-hybridized carbons (Fsp3) is 0.571. The molecule has 0 aliphatic carbocycles. The highest BCUT2D eigenvalue weighted by Gasteiger charge is 1.94. The smallest absolute Gasteiger partial charge is 0.0345 e. The topological polar surface area (TPSA) is 24.1 Å². The first-order valence-electron chi connectivity index (χ1n) is 6.25. The maximum absolute atomic E-state index is 3.44. The van der Waals surface area contributed by atoms with Gasteiger partial charge in [-0.15, -0.1) is 0 Å². The van der Waals surface area contributed by atoms with Crippen LogP contribution in [-0.4, -0.2) is 19.6 Å². The minimum Gasteiger partial charge on any atom is -0.384 e. The predicted molar refractivity (Wildman–Crippen MR) is 72.2 cm³/mol. The van der Waals surface area contributed by atoms with Gasteiger partial charge < -0.3 is 10.6 Å². The Morgan fingerprint density at radius 2 is 1.62 bits per heavy atom. The number of hydrogen-bond acceptors (Lipinski definition) is 2. The number of benzene rings is 1. The summed E-state index contributed by atoms with van der Waals surface area (Å²) in [5, 5.41) is 6.86. The summed E-state index contributed by atoms with van der Waals surface area (Å²) in [6.45, 7) is 9.65. The zero-order chi connectivity index (χ0) is 11.8. The van der Waals surface area contributed by atoms with Crippen LogP contribution in [0.4, 0.5) is 5.69 Å². The fourth-order valence-corrected chi connectivity index (χ4v) is 1.80. The first-order valence-corrected chi connectivity index (χ1v) is 6.25. The van der Waals surface area contributed by atoms with Gasteiger partial charge in [0.2, 0.25) is 0 Å². The molecule has 16 heavy (non-hydrogen) atoms. The number of unbranched alkanes of at least 4 members (excludes halogenated alkanes) is 1. The summed E-state index contributed by atoms with van der Waals surface area (Å²) in [7, 11) is 0. The monoisotopic (exact) mass is 220 g/mol. The highest BCUT2D eigenvalue weighted by molar-refractivity contribution is 5.48. The van der Waals surface area contributed by atoms with Crippen molar-refractivity contribution in [3.63, 3.8) is 0 Å². The zero-order valence-electron chi connectivity index (χ0n) is 10.8. The highest BCUT2D eigenvalue weighted by Crippen LogP contribution is 2.12. The van der Waals surface area contributed by atoms with Crippen LogP contribution in [0, 0.1) is 13.8 Å². The first kappa shape index (κ1) is 13.0. The van der Waals surface area contributed by atoms with Gasteiger partial charge in [0, 0.05) is 18.8 Å². The maximum atomic E-state index is 3.44. The molecule has 0 aromatic heterocycles. The van der Waals surface area contributed by atoms with Crippen LogP contribution in [0.5, 0.6) is 0 Å². The predicted octanol–water partition coefficient (Wildman–Crippen LogP) is 3.11. The van der Waals surface area contributed by atoms with Crippen molar-refractivity contribution in [2.24, 2.45) is 0 Å². The van der Waals surface area contributed by atoms with E-state index in [-0.39, 0.29) is 0 Å². The van der Waals surface area contributed by atoms with Crippen molar-refractivity contribution in [2.75, 3.05) is 25.0 Å². The molecule has 1 aromatic carbocycles. The summed E-state index contributed by atoms with van der Waals surface area (Å²) in [6.07, 6.45) is 2.53. The Bertz CT molecular complexity index is 287. The molecule has 0 amide bonds. The van der Waals surface area contributed by atoms with Crippen LogP contribution in [0.1, 0.15) is 30.9 Å². The fourth-order valence-electron chi connectivity index (χ4n) is 1.80. The van der Waals surface area contributed by atoms with E-state index in [1.165, 1.54) is 29.7 Å². The molecule has 0 spiro atoms. The molecule has 0 aliphatic heterocycles. The number of anilines is 1. The molecule has 0 aliphatic rings. The van der Waals surface area contributed by atoms with Crippen LogP contribution in [0.25, 0.3) is 0 Å². The van der Waals surface area contributed by atoms with Gasteiger partial charge in [-0.2, -0.15) is 0 Å². The number of aryl methyl sites for hydroxylation is 2. The van der Waals surface area contributed by atoms with Crippen LogP contribution in [-0.2, 0) is 0 Å². The third-order valence-electron chi connectivity index (χ3n) is 2.56. The summed E-state index contributed by atoms with van der Waals surface area (Å²) in [4.78, 5) is 0. The Hall–Kier alpha value is -1.02. The van der Waals surface area contributed by atoms with E-state index in [0.717, 1.165) is 19.6 Å².